The fraction of sp³-hybridized carbons (Fsp3) is 0.535. The number of H-pyrrole nitrogens is 2. The topological polar surface area (TPSA) is 140 Å². The number of methoxy groups -OCH3 is 3. The lowest BCUT2D eigenvalue weighted by molar-refractivity contribution is -0.163. The number of rotatable bonds is 6. The molecule has 2 aromatic heterocycles. The number of aliphatic hydroxyl groups excluding tert-OH is 1. The quantitative estimate of drug-likeness (QED) is 0.103. The van der Waals surface area contributed by atoms with Crippen molar-refractivity contribution in [2.24, 2.45) is 29.6 Å². The zero-order valence-electron chi connectivity index (χ0n) is 31.6. The maximum atomic E-state index is 13.4. The number of phenolic OH excluding ortho intramolecular Hbond substituents is 1. The Morgan fingerprint density at radius 2 is 1.70 bits per heavy atom. The minimum absolute atomic E-state index is 0.0166. The number of carbonyl (C=O) groups is 2. The Morgan fingerprint density at radius 1 is 0.926 bits per heavy atom. The first-order valence-corrected chi connectivity index (χ1v) is 19.8. The predicted octanol–water partition coefficient (Wildman–Crippen LogP) is 6.22. The minimum Gasteiger partial charge on any atom is -0.507 e. The molecule has 0 bridgehead atoms. The van der Waals surface area contributed by atoms with Crippen LogP contribution in [0.15, 0.2) is 48.2 Å². The largest absolute Gasteiger partial charge is 0.507 e. The number of aromatic nitrogens is 2. The summed E-state index contributed by atoms with van der Waals surface area (Å²) in [5.41, 5.74) is 8.41. The van der Waals surface area contributed by atoms with Crippen molar-refractivity contribution >= 4 is 33.7 Å². The summed E-state index contributed by atoms with van der Waals surface area (Å²) >= 11 is 0. The molecule has 0 radical (unpaired) electrons. The van der Waals surface area contributed by atoms with Crippen molar-refractivity contribution in [1.82, 2.24) is 19.8 Å². The number of aromatic amines is 2. The Kier molecular flexibility index (Phi) is 9.02. The molecule has 0 unspecified atom stereocenters. The molecular formula is C43H52N4O7. The van der Waals surface area contributed by atoms with E-state index in [4.69, 9.17) is 14.2 Å². The molecule has 4 N–H and O–H groups in total. The highest BCUT2D eigenvalue weighted by Gasteiger charge is 2.54. The Hall–Kier alpha value is -4.32. The van der Waals surface area contributed by atoms with Gasteiger partial charge in [0.25, 0.3) is 0 Å². The first-order valence-electron chi connectivity index (χ1n) is 19.8. The number of fused-ring (bicyclic) bond motifs is 11. The van der Waals surface area contributed by atoms with E-state index in [1.807, 2.05) is 6.07 Å². The van der Waals surface area contributed by atoms with Gasteiger partial charge in [0.1, 0.15) is 5.75 Å². The SMILES string of the molecule is CC[C@H]1CN2CCc3c([nH]c4cc([C@H]5[C@@H]6CC[C@@H](O)[C@H](C(=O)OC)[C@H]6C[C@@H]6c7[nH]c8ccccc8c7CCN65)cc(O)c34)[C@@H]2C[C@@H]1/C(=C\OC)C(=O)OC. The number of ether oxygens (including phenoxy) is 3. The Labute approximate surface area is 315 Å². The van der Waals surface area contributed by atoms with E-state index in [0.717, 1.165) is 91.4 Å². The summed E-state index contributed by atoms with van der Waals surface area (Å²) in [5, 5.41) is 25.4. The Bertz CT molecular complexity index is 2140. The van der Waals surface area contributed by atoms with E-state index in [9.17, 15) is 19.8 Å². The van der Waals surface area contributed by atoms with Gasteiger partial charge in [0.15, 0.2) is 0 Å². The number of phenols is 1. The van der Waals surface area contributed by atoms with Crippen molar-refractivity contribution in [3.05, 3.63) is 76.3 Å². The molecule has 54 heavy (non-hydrogen) atoms. The average Bonchev–Trinajstić information content (AvgIpc) is 3.77. The zero-order chi connectivity index (χ0) is 37.4. The number of para-hydroxylation sites is 1. The third-order valence-electron chi connectivity index (χ3n) is 14.1. The first-order chi connectivity index (χ1) is 26.3. The molecule has 9 atom stereocenters. The third-order valence-corrected chi connectivity index (χ3v) is 14.1. The second-order valence-corrected chi connectivity index (χ2v) is 16.3. The molecule has 2 aromatic carbocycles. The van der Waals surface area contributed by atoms with Gasteiger partial charge in [-0.05, 0) is 97.1 Å². The van der Waals surface area contributed by atoms with Crippen LogP contribution >= 0.6 is 0 Å². The maximum absolute atomic E-state index is 13.4. The van der Waals surface area contributed by atoms with Crippen LogP contribution < -0.4 is 0 Å². The molecule has 11 nitrogen and oxygen atoms in total. The molecule has 11 heteroatoms. The van der Waals surface area contributed by atoms with Crippen molar-refractivity contribution in [1.29, 1.82) is 0 Å². The Balaban J connectivity index is 1.14. The van der Waals surface area contributed by atoms with Crippen molar-refractivity contribution in [3.8, 4) is 5.75 Å². The van der Waals surface area contributed by atoms with Gasteiger partial charge in [0, 0.05) is 58.9 Å². The summed E-state index contributed by atoms with van der Waals surface area (Å²) in [7, 11) is 4.41. The van der Waals surface area contributed by atoms with Crippen LogP contribution in [0.1, 0.15) is 85.2 Å². The lowest BCUT2D eigenvalue weighted by atomic mass is 9.61. The number of nitrogens with one attached hydrogen (secondary N) is 2. The monoisotopic (exact) mass is 736 g/mol. The van der Waals surface area contributed by atoms with Crippen LogP contribution in [0.4, 0.5) is 0 Å². The van der Waals surface area contributed by atoms with Crippen molar-refractivity contribution in [3.63, 3.8) is 0 Å². The van der Waals surface area contributed by atoms with Crippen molar-refractivity contribution in [2.75, 3.05) is 41.0 Å². The number of carbonyl (C=O) groups excluding carboxylic acids is 2. The second-order valence-electron chi connectivity index (χ2n) is 16.3. The van der Waals surface area contributed by atoms with Gasteiger partial charge < -0.3 is 34.4 Å². The lowest BCUT2D eigenvalue weighted by Gasteiger charge is -2.55. The molecule has 2 saturated heterocycles. The number of hydrogen-bond donors (Lipinski definition) is 4. The van der Waals surface area contributed by atoms with E-state index in [0.29, 0.717) is 12.0 Å². The lowest BCUT2D eigenvalue weighted by Crippen LogP contribution is -2.54. The highest BCUT2D eigenvalue weighted by Crippen LogP contribution is 2.57. The van der Waals surface area contributed by atoms with Gasteiger partial charge in [0.2, 0.25) is 0 Å². The number of benzene rings is 2. The highest BCUT2D eigenvalue weighted by atomic mass is 16.5. The number of piperidine rings is 2. The standard InChI is InChI=1S/C43H52N4O7/c1-5-22-20-46-14-12-27-37-32(45-40(27)33(46)18-28(22)30(21-52-2)42(50)53-3)16-23(17-36(37)49)41-26-10-11-35(48)38(43(51)54-4)29(26)19-34-39-25(13-15-47(34)41)24-8-6-7-9-31(24)44-39/h6-9,16-17,21-22,26,28-29,33-35,38,41,44-45,48-49H,5,10-15,18-20H2,1-4H3/b30-21+/t22-,26+,28-,29-,33-,34+,35+,38+,41-/m0/s1. The molecule has 4 aliphatic heterocycles. The van der Waals surface area contributed by atoms with E-state index in [1.54, 1.807) is 13.4 Å². The van der Waals surface area contributed by atoms with Gasteiger partial charge in [-0.1, -0.05) is 31.5 Å². The van der Waals surface area contributed by atoms with Crippen LogP contribution in [0.25, 0.3) is 21.8 Å². The fourth-order valence-electron chi connectivity index (χ4n) is 11.8. The van der Waals surface area contributed by atoms with Gasteiger partial charge in [-0.25, -0.2) is 4.79 Å². The van der Waals surface area contributed by atoms with E-state index in [1.165, 1.54) is 30.9 Å². The molecule has 3 fully saturated rings. The van der Waals surface area contributed by atoms with Gasteiger partial charge in [0.05, 0.1) is 57.3 Å². The molecular weight excluding hydrogens is 684 g/mol. The number of aliphatic hydroxyl groups is 1. The minimum atomic E-state index is -0.754. The van der Waals surface area contributed by atoms with Crippen LogP contribution in [0.3, 0.4) is 0 Å². The molecule has 0 spiro atoms. The van der Waals surface area contributed by atoms with Crippen molar-refractivity contribution < 1.29 is 34.0 Å². The molecule has 6 heterocycles. The number of nitrogens with zero attached hydrogens (tertiary/aromatic N) is 2. The Morgan fingerprint density at radius 3 is 2.48 bits per heavy atom. The summed E-state index contributed by atoms with van der Waals surface area (Å²) in [6, 6.07) is 12.7. The normalized spacial score (nSPS) is 31.2. The van der Waals surface area contributed by atoms with Crippen LogP contribution in [0.5, 0.6) is 5.75 Å². The van der Waals surface area contributed by atoms with E-state index >= 15 is 0 Å². The van der Waals surface area contributed by atoms with Crippen molar-refractivity contribution in [2.45, 2.75) is 76.1 Å². The maximum Gasteiger partial charge on any atom is 0.337 e. The van der Waals surface area contributed by atoms with Crippen LogP contribution in [-0.2, 0) is 36.6 Å². The smallest absolute Gasteiger partial charge is 0.337 e. The highest BCUT2D eigenvalue weighted by molar-refractivity contribution is 5.92. The van der Waals surface area contributed by atoms with Gasteiger partial charge >= 0.3 is 11.9 Å². The van der Waals surface area contributed by atoms with Gasteiger partial charge in [-0.2, -0.15) is 0 Å². The summed E-state index contributed by atoms with van der Waals surface area (Å²) in [6.45, 7) is 4.77. The van der Waals surface area contributed by atoms with Gasteiger partial charge in [-0.15, -0.1) is 0 Å². The summed E-state index contributed by atoms with van der Waals surface area (Å²) in [5.74, 6) is -0.789. The third kappa shape index (κ3) is 5.40. The molecule has 1 aliphatic carbocycles. The number of aromatic hydroxyl groups is 1. The zero-order valence-corrected chi connectivity index (χ0v) is 31.6. The fourth-order valence-corrected chi connectivity index (χ4v) is 11.8. The van der Waals surface area contributed by atoms with Gasteiger partial charge in [-0.3, -0.25) is 14.6 Å². The molecule has 0 amide bonds. The van der Waals surface area contributed by atoms with Crippen LogP contribution in [-0.4, -0.2) is 89.0 Å². The summed E-state index contributed by atoms with van der Waals surface area (Å²) in [4.78, 5) is 39.1. The van der Waals surface area contributed by atoms with Crippen LogP contribution in [0, 0.1) is 29.6 Å². The average molecular weight is 737 g/mol. The van der Waals surface area contributed by atoms with Crippen LogP contribution in [0.2, 0.25) is 0 Å². The summed E-state index contributed by atoms with van der Waals surface area (Å²) < 4.78 is 15.9. The molecule has 4 aromatic rings. The summed E-state index contributed by atoms with van der Waals surface area (Å²) in [6.07, 6.45) is 6.25. The first kappa shape index (κ1) is 35.4. The van der Waals surface area contributed by atoms with E-state index in [2.05, 4.69) is 57.0 Å². The second kappa shape index (κ2) is 13.8. The van der Waals surface area contributed by atoms with E-state index < -0.39 is 12.0 Å². The molecule has 286 valence electrons. The molecule has 1 saturated carbocycles. The van der Waals surface area contributed by atoms with E-state index in [-0.39, 0.29) is 59.5 Å². The predicted molar refractivity (Wildman–Crippen MR) is 204 cm³/mol. The number of esters is 2. The molecule has 9 rings (SSSR count). The molecule has 5 aliphatic rings. The number of hydrogen-bond acceptors (Lipinski definition) is 9.